The van der Waals surface area contributed by atoms with Crippen LogP contribution >= 0.6 is 8.15 Å². The van der Waals surface area contributed by atoms with E-state index in [1.165, 1.54) is 19.3 Å². The van der Waals surface area contributed by atoms with Gasteiger partial charge in [-0.25, -0.2) is 8.15 Å². The lowest BCUT2D eigenvalue weighted by atomic mass is 10.2. The summed E-state index contributed by atoms with van der Waals surface area (Å²) in [5.74, 6) is 0. The van der Waals surface area contributed by atoms with Crippen LogP contribution in [0, 0.1) is 0 Å². The summed E-state index contributed by atoms with van der Waals surface area (Å²) in [5.41, 5.74) is 0. The van der Waals surface area contributed by atoms with Crippen molar-refractivity contribution in [3.8, 4) is 0 Å². The fourth-order valence-electron chi connectivity index (χ4n) is 0.873. The second-order valence-corrected chi connectivity index (χ2v) is 4.63. The molecule has 0 radical (unpaired) electrons. The molecule has 0 heterocycles. The summed E-state index contributed by atoms with van der Waals surface area (Å²) in [7, 11) is -0.845. The average Bonchev–Trinajstić information content (AvgIpc) is 1.98. The highest BCUT2D eigenvalue weighted by Crippen LogP contribution is 2.24. The van der Waals surface area contributed by atoms with Crippen LogP contribution in [0.15, 0.2) is 0 Å². The quantitative estimate of drug-likeness (QED) is 0.433. The van der Waals surface area contributed by atoms with E-state index >= 15 is 0 Å². The number of hydrogen-bond donors (Lipinski definition) is 0. The first-order chi connectivity index (χ1) is 4.81. The Hall–Kier alpha value is 0.390. The Morgan fingerprint density at radius 1 is 1.10 bits per heavy atom. The van der Waals surface area contributed by atoms with Crippen molar-refractivity contribution >= 4 is 8.15 Å². The normalized spacial score (nSPS) is 13.5. The lowest BCUT2D eigenvalue weighted by Crippen LogP contribution is -2.00. The zero-order valence-electron chi connectivity index (χ0n) is 7.10. The molecule has 1 unspecified atom stereocenters. The lowest BCUT2D eigenvalue weighted by Gasteiger charge is -2.20. The van der Waals surface area contributed by atoms with E-state index in [1.807, 2.05) is 6.92 Å². The molecule has 0 rings (SSSR count). The van der Waals surface area contributed by atoms with Crippen LogP contribution in [0.3, 0.4) is 0 Å². The molecular formula is C8H18OP-. The maximum atomic E-state index is 10.9. The summed E-state index contributed by atoms with van der Waals surface area (Å²) in [6.07, 6.45) is 6.80. The standard InChI is InChI=1S/C8H18OP/c1-3-5-6-7-8-10(9)4-2/h3-8H2,1-2H3/q-1. The van der Waals surface area contributed by atoms with Gasteiger partial charge in [-0.2, -0.15) is 0 Å². The average molecular weight is 161 g/mol. The van der Waals surface area contributed by atoms with Crippen molar-refractivity contribution < 1.29 is 4.89 Å². The molecule has 0 aromatic carbocycles. The molecule has 0 aromatic heterocycles. The molecule has 0 fully saturated rings. The summed E-state index contributed by atoms with van der Waals surface area (Å²) in [4.78, 5) is 10.9. The minimum Gasteiger partial charge on any atom is -0.829 e. The summed E-state index contributed by atoms with van der Waals surface area (Å²) >= 11 is 0. The predicted molar refractivity (Wildman–Crippen MR) is 46.5 cm³/mol. The van der Waals surface area contributed by atoms with Crippen molar-refractivity contribution in [2.24, 2.45) is 0 Å². The van der Waals surface area contributed by atoms with E-state index in [4.69, 9.17) is 0 Å². The maximum Gasteiger partial charge on any atom is -0.0470 e. The van der Waals surface area contributed by atoms with Gasteiger partial charge in [0.1, 0.15) is 0 Å². The molecule has 10 heavy (non-hydrogen) atoms. The van der Waals surface area contributed by atoms with Gasteiger partial charge in [-0.3, -0.25) is 0 Å². The van der Waals surface area contributed by atoms with Crippen LogP contribution in [0.4, 0.5) is 0 Å². The molecular weight excluding hydrogens is 143 g/mol. The van der Waals surface area contributed by atoms with Gasteiger partial charge in [0.2, 0.25) is 0 Å². The van der Waals surface area contributed by atoms with E-state index in [0.29, 0.717) is 0 Å². The van der Waals surface area contributed by atoms with Gasteiger partial charge in [-0.05, 0) is 12.3 Å². The highest BCUT2D eigenvalue weighted by molar-refractivity contribution is 7.49. The van der Waals surface area contributed by atoms with Crippen molar-refractivity contribution in [3.63, 3.8) is 0 Å². The van der Waals surface area contributed by atoms with Gasteiger partial charge in [-0.1, -0.05) is 39.5 Å². The molecule has 0 aliphatic rings. The van der Waals surface area contributed by atoms with Crippen LogP contribution in [0.1, 0.15) is 39.5 Å². The van der Waals surface area contributed by atoms with Gasteiger partial charge in [0.05, 0.1) is 0 Å². The molecule has 0 saturated heterocycles. The number of rotatable bonds is 6. The molecule has 0 aromatic rings. The Morgan fingerprint density at radius 3 is 2.30 bits per heavy atom. The predicted octanol–water partition coefficient (Wildman–Crippen LogP) is 2.34. The van der Waals surface area contributed by atoms with E-state index in [9.17, 15) is 4.89 Å². The second kappa shape index (κ2) is 7.50. The minimum absolute atomic E-state index is 0.845. The van der Waals surface area contributed by atoms with Crippen LogP contribution < -0.4 is 4.89 Å². The third-order valence-electron chi connectivity index (χ3n) is 1.61. The first-order valence-electron chi connectivity index (χ1n) is 4.23. The Kier molecular flexibility index (Phi) is 7.79. The highest BCUT2D eigenvalue weighted by Gasteiger charge is 1.89. The van der Waals surface area contributed by atoms with Crippen LogP contribution in [0.5, 0.6) is 0 Å². The third kappa shape index (κ3) is 6.51. The van der Waals surface area contributed by atoms with Crippen molar-refractivity contribution in [1.82, 2.24) is 0 Å². The molecule has 1 atom stereocenters. The molecule has 0 amide bonds. The Balaban J connectivity index is 2.89. The first-order valence-corrected chi connectivity index (χ1v) is 5.86. The van der Waals surface area contributed by atoms with Crippen LogP contribution in [0.2, 0.25) is 0 Å². The maximum absolute atomic E-state index is 10.9. The SMILES string of the molecule is CCCCCCP([O-])CC. The van der Waals surface area contributed by atoms with E-state index < -0.39 is 8.15 Å². The Morgan fingerprint density at radius 2 is 1.80 bits per heavy atom. The van der Waals surface area contributed by atoms with Gasteiger partial charge < -0.3 is 4.89 Å². The Bertz CT molecular complexity index is 66.3. The molecule has 0 saturated carbocycles. The van der Waals surface area contributed by atoms with E-state index in [1.54, 1.807) is 0 Å². The van der Waals surface area contributed by atoms with E-state index in [2.05, 4.69) is 6.92 Å². The largest absolute Gasteiger partial charge is 0.829 e. The smallest absolute Gasteiger partial charge is 0.0470 e. The van der Waals surface area contributed by atoms with Crippen molar-refractivity contribution in [2.45, 2.75) is 39.5 Å². The van der Waals surface area contributed by atoms with E-state index in [-0.39, 0.29) is 0 Å². The van der Waals surface area contributed by atoms with Gasteiger partial charge in [-0.15, -0.1) is 0 Å². The van der Waals surface area contributed by atoms with Crippen molar-refractivity contribution in [3.05, 3.63) is 0 Å². The molecule has 0 aliphatic carbocycles. The highest BCUT2D eigenvalue weighted by atomic mass is 31.1. The summed E-state index contributed by atoms with van der Waals surface area (Å²) < 4.78 is 0. The zero-order valence-corrected chi connectivity index (χ0v) is 7.99. The summed E-state index contributed by atoms with van der Waals surface area (Å²) in [6.45, 7) is 4.19. The molecule has 2 heteroatoms. The van der Waals surface area contributed by atoms with Crippen molar-refractivity contribution in [2.75, 3.05) is 12.3 Å². The topological polar surface area (TPSA) is 23.1 Å². The Labute approximate surface area is 65.7 Å². The fraction of sp³-hybridized carbons (Fsp3) is 1.00. The van der Waals surface area contributed by atoms with Gasteiger partial charge in [0, 0.05) is 0 Å². The van der Waals surface area contributed by atoms with Crippen LogP contribution in [-0.4, -0.2) is 12.3 Å². The van der Waals surface area contributed by atoms with E-state index in [0.717, 1.165) is 18.7 Å². The lowest BCUT2D eigenvalue weighted by molar-refractivity contribution is -0.159. The number of unbranched alkanes of at least 4 members (excludes halogenated alkanes) is 3. The van der Waals surface area contributed by atoms with Gasteiger partial charge in [0.25, 0.3) is 0 Å². The zero-order chi connectivity index (χ0) is 7.82. The molecule has 0 spiro atoms. The third-order valence-corrected chi connectivity index (χ3v) is 3.13. The second-order valence-electron chi connectivity index (χ2n) is 2.58. The minimum atomic E-state index is -0.845. The molecule has 0 aliphatic heterocycles. The molecule has 0 bridgehead atoms. The van der Waals surface area contributed by atoms with Crippen LogP contribution in [0.25, 0.3) is 0 Å². The fourth-order valence-corrected chi connectivity index (χ4v) is 1.77. The first kappa shape index (κ1) is 10.4. The van der Waals surface area contributed by atoms with Gasteiger partial charge >= 0.3 is 0 Å². The molecule has 1 nitrogen and oxygen atoms in total. The summed E-state index contributed by atoms with van der Waals surface area (Å²) in [6, 6.07) is 0. The van der Waals surface area contributed by atoms with Gasteiger partial charge in [0.15, 0.2) is 0 Å². The van der Waals surface area contributed by atoms with Crippen LogP contribution in [-0.2, 0) is 0 Å². The summed E-state index contributed by atoms with van der Waals surface area (Å²) in [5, 5.41) is 0. The molecule has 62 valence electrons. The van der Waals surface area contributed by atoms with Crippen molar-refractivity contribution in [1.29, 1.82) is 0 Å². The number of hydrogen-bond acceptors (Lipinski definition) is 1. The molecule has 0 N–H and O–H groups in total. The monoisotopic (exact) mass is 161 g/mol.